The molecule has 28 heavy (non-hydrogen) atoms. The minimum atomic E-state index is -0.399. The summed E-state index contributed by atoms with van der Waals surface area (Å²) in [5.74, 6) is 1.77. The molecule has 146 valence electrons. The first-order valence-corrected chi connectivity index (χ1v) is 9.25. The third-order valence-corrected chi connectivity index (χ3v) is 4.69. The highest BCUT2D eigenvalue weighted by Gasteiger charge is 2.23. The first-order valence-electron chi connectivity index (χ1n) is 9.25. The molecule has 3 aromatic rings. The van der Waals surface area contributed by atoms with Gasteiger partial charge in [0.1, 0.15) is 11.5 Å². The average molecular weight is 379 g/mol. The molecule has 6 nitrogen and oxygen atoms in total. The predicted octanol–water partition coefficient (Wildman–Crippen LogP) is 6.11. The fourth-order valence-corrected chi connectivity index (χ4v) is 2.46. The standard InChI is InChI=1S/C22H25N3O3/c1-5-22(3,4)19-14-20(28-25-19)24-21(26)23-16-8-12-18(13-9-16)27-17-10-6-15(2)7-11-17/h6-14H,5H2,1-4H3,(H2,23,24,26). The lowest BCUT2D eigenvalue weighted by Gasteiger charge is -2.18. The number of amides is 2. The van der Waals surface area contributed by atoms with Gasteiger partial charge in [0.05, 0.1) is 5.69 Å². The minimum absolute atomic E-state index is 0.104. The Labute approximate surface area is 164 Å². The summed E-state index contributed by atoms with van der Waals surface area (Å²) in [6.07, 6.45) is 0.919. The zero-order chi connectivity index (χ0) is 20.1. The maximum atomic E-state index is 12.2. The van der Waals surface area contributed by atoms with Crippen molar-refractivity contribution in [3.8, 4) is 11.5 Å². The summed E-state index contributed by atoms with van der Waals surface area (Å²) in [6.45, 7) is 8.27. The van der Waals surface area contributed by atoms with E-state index in [-0.39, 0.29) is 5.41 Å². The summed E-state index contributed by atoms with van der Waals surface area (Å²) in [5, 5.41) is 9.46. The van der Waals surface area contributed by atoms with Crippen molar-refractivity contribution < 1.29 is 14.1 Å². The van der Waals surface area contributed by atoms with Gasteiger partial charge in [-0.15, -0.1) is 0 Å². The highest BCUT2D eigenvalue weighted by Crippen LogP contribution is 2.28. The van der Waals surface area contributed by atoms with Gasteiger partial charge in [-0.2, -0.15) is 0 Å². The maximum Gasteiger partial charge on any atom is 0.326 e. The van der Waals surface area contributed by atoms with Crippen LogP contribution in [0.1, 0.15) is 38.4 Å². The van der Waals surface area contributed by atoms with E-state index in [1.165, 1.54) is 5.56 Å². The third kappa shape index (κ3) is 4.91. The molecule has 1 heterocycles. The second kappa shape index (κ2) is 8.17. The van der Waals surface area contributed by atoms with Crippen molar-refractivity contribution in [1.82, 2.24) is 5.16 Å². The van der Waals surface area contributed by atoms with Crippen molar-refractivity contribution in [1.29, 1.82) is 0 Å². The lowest BCUT2D eigenvalue weighted by molar-refractivity contribution is 0.261. The number of hydrogen-bond acceptors (Lipinski definition) is 4. The second-order valence-electron chi connectivity index (χ2n) is 7.33. The zero-order valence-corrected chi connectivity index (χ0v) is 16.6. The topological polar surface area (TPSA) is 76.4 Å². The van der Waals surface area contributed by atoms with Crippen LogP contribution in [0.15, 0.2) is 59.1 Å². The fraction of sp³-hybridized carbons (Fsp3) is 0.273. The molecule has 6 heteroatoms. The molecule has 0 aliphatic carbocycles. The number of rotatable bonds is 6. The van der Waals surface area contributed by atoms with E-state index in [4.69, 9.17) is 9.26 Å². The summed E-state index contributed by atoms with van der Waals surface area (Å²) in [4.78, 5) is 12.2. The number of nitrogens with zero attached hydrogens (tertiary/aromatic N) is 1. The fourth-order valence-electron chi connectivity index (χ4n) is 2.46. The van der Waals surface area contributed by atoms with E-state index in [0.29, 0.717) is 17.3 Å². The molecule has 0 radical (unpaired) electrons. The van der Waals surface area contributed by atoms with E-state index in [2.05, 4.69) is 36.6 Å². The molecule has 0 bridgehead atoms. The first kappa shape index (κ1) is 19.5. The van der Waals surface area contributed by atoms with Crippen LogP contribution in [0, 0.1) is 6.92 Å². The van der Waals surface area contributed by atoms with Crippen molar-refractivity contribution in [3.63, 3.8) is 0 Å². The summed E-state index contributed by atoms with van der Waals surface area (Å²) < 4.78 is 11.0. The SMILES string of the molecule is CCC(C)(C)c1cc(NC(=O)Nc2ccc(Oc3ccc(C)cc3)cc2)on1. The van der Waals surface area contributed by atoms with Crippen molar-refractivity contribution in [2.45, 2.75) is 39.5 Å². The highest BCUT2D eigenvalue weighted by molar-refractivity contribution is 5.98. The second-order valence-corrected chi connectivity index (χ2v) is 7.33. The van der Waals surface area contributed by atoms with Gasteiger partial charge in [-0.05, 0) is 49.7 Å². The zero-order valence-electron chi connectivity index (χ0n) is 16.6. The number of aryl methyl sites for hydroxylation is 1. The van der Waals surface area contributed by atoms with Crippen LogP contribution in [-0.4, -0.2) is 11.2 Å². The van der Waals surface area contributed by atoms with E-state index in [0.717, 1.165) is 17.9 Å². The van der Waals surface area contributed by atoms with Crippen LogP contribution < -0.4 is 15.4 Å². The quantitative estimate of drug-likeness (QED) is 0.542. The maximum absolute atomic E-state index is 12.2. The van der Waals surface area contributed by atoms with Crippen LogP contribution in [0.4, 0.5) is 16.4 Å². The van der Waals surface area contributed by atoms with Crippen LogP contribution in [-0.2, 0) is 5.41 Å². The van der Waals surface area contributed by atoms with E-state index in [1.54, 1.807) is 30.3 Å². The van der Waals surface area contributed by atoms with E-state index >= 15 is 0 Å². The average Bonchev–Trinajstić information content (AvgIpc) is 3.14. The van der Waals surface area contributed by atoms with Gasteiger partial charge in [-0.1, -0.05) is 43.6 Å². The summed E-state index contributed by atoms with van der Waals surface area (Å²) in [6, 6.07) is 16.3. The van der Waals surface area contributed by atoms with Crippen LogP contribution in [0.3, 0.4) is 0 Å². The number of hydrogen-bond donors (Lipinski definition) is 2. The van der Waals surface area contributed by atoms with Crippen molar-refractivity contribution in [3.05, 3.63) is 65.9 Å². The van der Waals surface area contributed by atoms with E-state index in [9.17, 15) is 4.79 Å². The molecule has 2 aromatic carbocycles. The molecule has 0 saturated heterocycles. The first-order chi connectivity index (χ1) is 13.4. The largest absolute Gasteiger partial charge is 0.457 e. The van der Waals surface area contributed by atoms with Gasteiger partial charge in [0.25, 0.3) is 0 Å². The Hall–Kier alpha value is -3.28. The smallest absolute Gasteiger partial charge is 0.326 e. The van der Waals surface area contributed by atoms with Crippen LogP contribution in [0.5, 0.6) is 11.5 Å². The lowest BCUT2D eigenvalue weighted by Crippen LogP contribution is -2.19. The molecule has 0 saturated carbocycles. The Balaban J connectivity index is 1.56. The number of benzene rings is 2. The van der Waals surface area contributed by atoms with Crippen molar-refractivity contribution in [2.75, 3.05) is 10.6 Å². The summed E-state index contributed by atoms with van der Waals surface area (Å²) in [7, 11) is 0. The number of ether oxygens (including phenoxy) is 1. The number of carbonyl (C=O) groups is 1. The van der Waals surface area contributed by atoms with Crippen LogP contribution in [0.2, 0.25) is 0 Å². The minimum Gasteiger partial charge on any atom is -0.457 e. The molecule has 2 amide bonds. The van der Waals surface area contributed by atoms with Crippen LogP contribution >= 0.6 is 0 Å². The molecule has 0 spiro atoms. The normalized spacial score (nSPS) is 11.1. The molecule has 0 aliphatic rings. The number of aromatic nitrogens is 1. The highest BCUT2D eigenvalue weighted by atomic mass is 16.5. The van der Waals surface area contributed by atoms with E-state index in [1.807, 2.05) is 31.2 Å². The van der Waals surface area contributed by atoms with Gasteiger partial charge < -0.3 is 14.6 Å². The van der Waals surface area contributed by atoms with Gasteiger partial charge in [0, 0.05) is 17.2 Å². The monoisotopic (exact) mass is 379 g/mol. The van der Waals surface area contributed by atoms with Crippen molar-refractivity contribution in [2.24, 2.45) is 0 Å². The van der Waals surface area contributed by atoms with Crippen LogP contribution in [0.25, 0.3) is 0 Å². The predicted molar refractivity (Wildman–Crippen MR) is 110 cm³/mol. The summed E-state index contributed by atoms with van der Waals surface area (Å²) >= 11 is 0. The molecule has 2 N–H and O–H groups in total. The lowest BCUT2D eigenvalue weighted by atomic mass is 9.87. The Morgan fingerprint density at radius 1 is 1.04 bits per heavy atom. The van der Waals surface area contributed by atoms with Crippen molar-refractivity contribution >= 4 is 17.6 Å². The molecule has 0 aliphatic heterocycles. The van der Waals surface area contributed by atoms with Gasteiger partial charge in [-0.3, -0.25) is 5.32 Å². The summed E-state index contributed by atoms with van der Waals surface area (Å²) in [5.41, 5.74) is 2.52. The molecule has 0 atom stereocenters. The Kier molecular flexibility index (Phi) is 5.68. The Bertz CT molecular complexity index is 928. The number of nitrogens with one attached hydrogen (secondary N) is 2. The molecular formula is C22H25N3O3. The molecule has 0 fully saturated rings. The third-order valence-electron chi connectivity index (χ3n) is 4.69. The molecule has 0 unspecified atom stereocenters. The van der Waals surface area contributed by atoms with E-state index < -0.39 is 6.03 Å². The number of urea groups is 1. The van der Waals surface area contributed by atoms with Gasteiger partial charge in [-0.25, -0.2) is 4.79 Å². The molecular weight excluding hydrogens is 354 g/mol. The Morgan fingerprint density at radius 3 is 2.25 bits per heavy atom. The van der Waals surface area contributed by atoms with Gasteiger partial charge in [0.2, 0.25) is 5.88 Å². The van der Waals surface area contributed by atoms with Gasteiger partial charge in [0.15, 0.2) is 0 Å². The number of carbonyl (C=O) groups excluding carboxylic acids is 1. The Morgan fingerprint density at radius 2 is 1.64 bits per heavy atom. The van der Waals surface area contributed by atoms with Gasteiger partial charge >= 0.3 is 6.03 Å². The number of anilines is 2. The molecule has 3 rings (SSSR count). The molecule has 1 aromatic heterocycles.